The van der Waals surface area contributed by atoms with Crippen molar-refractivity contribution in [1.82, 2.24) is 10.2 Å². The van der Waals surface area contributed by atoms with E-state index < -0.39 is 4.92 Å². The molecule has 2 aromatic carbocycles. The van der Waals surface area contributed by atoms with Gasteiger partial charge in [0.2, 0.25) is 0 Å². The first kappa shape index (κ1) is 19.6. The number of anilines is 1. The third-order valence-electron chi connectivity index (χ3n) is 5.01. The number of nitro groups is 1. The van der Waals surface area contributed by atoms with Gasteiger partial charge in [0.05, 0.1) is 18.1 Å². The van der Waals surface area contributed by atoms with Crippen molar-refractivity contribution in [3.05, 3.63) is 63.7 Å². The number of benzene rings is 2. The summed E-state index contributed by atoms with van der Waals surface area (Å²) in [7, 11) is 1.62. The molecule has 0 spiro atoms. The van der Waals surface area contributed by atoms with Gasteiger partial charge in [-0.2, -0.15) is 0 Å². The van der Waals surface area contributed by atoms with Crippen LogP contribution in [0.2, 0.25) is 0 Å². The Labute approximate surface area is 163 Å². The Hall–Kier alpha value is -3.13. The predicted octanol–water partition coefficient (Wildman–Crippen LogP) is 2.75. The van der Waals surface area contributed by atoms with E-state index in [1.54, 1.807) is 7.11 Å². The van der Waals surface area contributed by atoms with E-state index in [1.807, 2.05) is 24.3 Å². The van der Waals surface area contributed by atoms with Crippen LogP contribution in [0.5, 0.6) is 5.75 Å². The lowest BCUT2D eigenvalue weighted by atomic mass is 10.0. The summed E-state index contributed by atoms with van der Waals surface area (Å²) in [5, 5.41) is 14.0. The van der Waals surface area contributed by atoms with E-state index in [1.165, 1.54) is 18.2 Å². The van der Waals surface area contributed by atoms with Crippen LogP contribution in [-0.2, 0) is 0 Å². The fourth-order valence-electron chi connectivity index (χ4n) is 3.49. The number of nitrogens with zero attached hydrogens (tertiary/aromatic N) is 2. The van der Waals surface area contributed by atoms with Crippen molar-refractivity contribution in [3.63, 3.8) is 0 Å². The number of rotatable bonds is 7. The van der Waals surface area contributed by atoms with Crippen molar-refractivity contribution in [2.45, 2.75) is 18.9 Å². The lowest BCUT2D eigenvalue weighted by molar-refractivity contribution is -0.383. The second kappa shape index (κ2) is 8.71. The maximum Gasteiger partial charge on any atom is 0.292 e. The summed E-state index contributed by atoms with van der Waals surface area (Å²) in [6.07, 6.45) is 2.25. The van der Waals surface area contributed by atoms with E-state index in [4.69, 9.17) is 10.5 Å². The first-order valence-electron chi connectivity index (χ1n) is 9.19. The minimum atomic E-state index is -0.588. The van der Waals surface area contributed by atoms with Crippen molar-refractivity contribution in [3.8, 4) is 5.75 Å². The van der Waals surface area contributed by atoms with Gasteiger partial charge in [-0.15, -0.1) is 0 Å². The van der Waals surface area contributed by atoms with Crippen LogP contribution in [0.4, 0.5) is 11.4 Å². The van der Waals surface area contributed by atoms with E-state index in [0.717, 1.165) is 37.2 Å². The number of nitrogen functional groups attached to an aromatic ring is 1. The van der Waals surface area contributed by atoms with Crippen molar-refractivity contribution >= 4 is 17.3 Å². The zero-order valence-electron chi connectivity index (χ0n) is 15.8. The van der Waals surface area contributed by atoms with Crippen LogP contribution in [0.3, 0.4) is 0 Å². The molecule has 1 aliphatic rings. The topological polar surface area (TPSA) is 111 Å². The van der Waals surface area contributed by atoms with Gasteiger partial charge in [-0.05, 0) is 55.8 Å². The van der Waals surface area contributed by atoms with Gasteiger partial charge in [0.15, 0.2) is 0 Å². The van der Waals surface area contributed by atoms with Crippen LogP contribution in [0.25, 0.3) is 0 Å². The van der Waals surface area contributed by atoms with Gasteiger partial charge in [0.25, 0.3) is 11.6 Å². The highest BCUT2D eigenvalue weighted by atomic mass is 16.6. The van der Waals surface area contributed by atoms with Gasteiger partial charge in [-0.25, -0.2) is 0 Å². The minimum Gasteiger partial charge on any atom is -0.497 e. The Morgan fingerprint density at radius 1 is 1.29 bits per heavy atom. The molecule has 28 heavy (non-hydrogen) atoms. The van der Waals surface area contributed by atoms with Crippen LogP contribution >= 0.6 is 0 Å². The number of hydrogen-bond acceptors (Lipinski definition) is 6. The molecule has 1 atom stereocenters. The molecule has 0 radical (unpaired) electrons. The lowest BCUT2D eigenvalue weighted by Crippen LogP contribution is -2.36. The molecule has 1 unspecified atom stereocenters. The number of carbonyl (C=O) groups excluding carboxylic acids is 1. The van der Waals surface area contributed by atoms with Crippen molar-refractivity contribution in [1.29, 1.82) is 0 Å². The molecule has 1 saturated heterocycles. The molecule has 0 aliphatic carbocycles. The summed E-state index contributed by atoms with van der Waals surface area (Å²) in [5.74, 6) is 0.400. The first-order chi connectivity index (χ1) is 13.5. The van der Waals surface area contributed by atoms with Crippen LogP contribution < -0.4 is 15.8 Å². The van der Waals surface area contributed by atoms with Crippen LogP contribution in [0.15, 0.2) is 42.5 Å². The second-order valence-corrected chi connectivity index (χ2v) is 6.78. The van der Waals surface area contributed by atoms with Gasteiger partial charge in [-0.1, -0.05) is 12.1 Å². The summed E-state index contributed by atoms with van der Waals surface area (Å²) in [4.78, 5) is 25.4. The molecule has 3 N–H and O–H groups in total. The largest absolute Gasteiger partial charge is 0.497 e. The molecule has 0 saturated carbocycles. The van der Waals surface area contributed by atoms with Gasteiger partial charge >= 0.3 is 0 Å². The zero-order chi connectivity index (χ0) is 20.1. The smallest absolute Gasteiger partial charge is 0.292 e. The van der Waals surface area contributed by atoms with Crippen LogP contribution in [-0.4, -0.2) is 42.5 Å². The maximum atomic E-state index is 12.6. The van der Waals surface area contributed by atoms with Crippen molar-refractivity contribution in [2.24, 2.45) is 0 Å². The molecule has 1 aliphatic heterocycles. The van der Waals surface area contributed by atoms with E-state index >= 15 is 0 Å². The molecular formula is C20H24N4O4. The van der Waals surface area contributed by atoms with Gasteiger partial charge in [-0.3, -0.25) is 19.8 Å². The zero-order valence-corrected chi connectivity index (χ0v) is 15.8. The highest BCUT2D eigenvalue weighted by Gasteiger charge is 2.25. The van der Waals surface area contributed by atoms with E-state index in [2.05, 4.69) is 10.2 Å². The van der Waals surface area contributed by atoms with Crippen molar-refractivity contribution < 1.29 is 14.5 Å². The molecule has 3 rings (SSSR count). The monoisotopic (exact) mass is 384 g/mol. The fraction of sp³-hybridized carbons (Fsp3) is 0.350. The number of ether oxygens (including phenoxy) is 1. The quantitative estimate of drug-likeness (QED) is 0.431. The number of nitrogens with two attached hydrogens (primary N) is 1. The normalized spacial score (nSPS) is 15.2. The number of nitro benzene ring substituents is 1. The minimum absolute atomic E-state index is 0.00492. The molecule has 1 heterocycles. The van der Waals surface area contributed by atoms with E-state index in [0.29, 0.717) is 6.54 Å². The number of amides is 1. The van der Waals surface area contributed by atoms with Gasteiger partial charge in [0, 0.05) is 18.2 Å². The number of carbonyl (C=O) groups is 1. The van der Waals surface area contributed by atoms with Crippen LogP contribution in [0, 0.1) is 10.1 Å². The third kappa shape index (κ3) is 4.40. The molecule has 0 aromatic heterocycles. The molecule has 8 nitrogen and oxygen atoms in total. The SMILES string of the molecule is COc1cccc(C(CNC(=O)c2ccc(N)c([N+](=O)[O-])c2)N2CCCC2)c1. The van der Waals surface area contributed by atoms with Gasteiger partial charge in [0.1, 0.15) is 11.4 Å². The summed E-state index contributed by atoms with van der Waals surface area (Å²) in [6, 6.07) is 11.9. The number of nitrogens with one attached hydrogen (secondary N) is 1. The first-order valence-corrected chi connectivity index (χ1v) is 9.19. The lowest BCUT2D eigenvalue weighted by Gasteiger charge is -2.28. The summed E-state index contributed by atoms with van der Waals surface area (Å²) >= 11 is 0. The average molecular weight is 384 g/mol. The third-order valence-corrected chi connectivity index (χ3v) is 5.01. The Morgan fingerprint density at radius 3 is 2.71 bits per heavy atom. The standard InChI is InChI=1S/C20H24N4O4/c1-28-16-6-4-5-14(11-16)19(23-9-2-3-10-23)13-22-20(25)15-7-8-17(21)18(12-15)24(26)27/h4-8,11-12,19H,2-3,9-10,13,21H2,1H3,(H,22,25). The Kier molecular flexibility index (Phi) is 6.10. The molecule has 2 aromatic rings. The summed E-state index contributed by atoms with van der Waals surface area (Å²) in [5.41, 5.74) is 6.65. The molecule has 8 heteroatoms. The predicted molar refractivity (Wildman–Crippen MR) is 106 cm³/mol. The highest BCUT2D eigenvalue weighted by Crippen LogP contribution is 2.27. The average Bonchev–Trinajstić information content (AvgIpc) is 3.22. The molecular weight excluding hydrogens is 360 g/mol. The Balaban J connectivity index is 1.77. The maximum absolute atomic E-state index is 12.6. The van der Waals surface area contributed by atoms with Crippen LogP contribution in [0.1, 0.15) is 34.8 Å². The number of hydrogen-bond donors (Lipinski definition) is 2. The molecule has 0 bridgehead atoms. The van der Waals surface area contributed by atoms with E-state index in [9.17, 15) is 14.9 Å². The number of methoxy groups -OCH3 is 1. The fourth-order valence-corrected chi connectivity index (χ4v) is 3.49. The number of likely N-dealkylation sites (tertiary alicyclic amines) is 1. The molecule has 148 valence electrons. The molecule has 1 fully saturated rings. The Morgan fingerprint density at radius 2 is 2.04 bits per heavy atom. The summed E-state index contributed by atoms with van der Waals surface area (Å²) < 4.78 is 5.33. The van der Waals surface area contributed by atoms with Gasteiger partial charge < -0.3 is 15.8 Å². The second-order valence-electron chi connectivity index (χ2n) is 6.78. The van der Waals surface area contributed by atoms with E-state index in [-0.39, 0.29) is 28.9 Å². The van der Waals surface area contributed by atoms with Crippen molar-refractivity contribution in [2.75, 3.05) is 32.5 Å². The molecule has 1 amide bonds. The highest BCUT2D eigenvalue weighted by molar-refractivity contribution is 5.95. The Bertz CT molecular complexity index is 865. The summed E-state index contributed by atoms with van der Waals surface area (Å²) in [6.45, 7) is 2.32.